The topological polar surface area (TPSA) is 41.8 Å². The minimum atomic E-state index is 0.826. The molecule has 1 rings (SSSR count). The van der Waals surface area contributed by atoms with Crippen LogP contribution in [0.15, 0.2) is 6.08 Å². The summed E-state index contributed by atoms with van der Waals surface area (Å²) in [5.41, 5.74) is 9.56. The molecule has 1 aromatic rings. The molecule has 3 N–H and O–H groups in total. The molecule has 0 aromatic carbocycles. The molecule has 0 aliphatic heterocycles. The summed E-state index contributed by atoms with van der Waals surface area (Å²) in [6, 6.07) is 0. The van der Waals surface area contributed by atoms with Crippen LogP contribution in [0.5, 0.6) is 0 Å². The van der Waals surface area contributed by atoms with Crippen LogP contribution in [0.1, 0.15) is 37.1 Å². The van der Waals surface area contributed by atoms with Gasteiger partial charge in [0.05, 0.1) is 0 Å². The highest BCUT2D eigenvalue weighted by Crippen LogP contribution is 2.23. The average Bonchev–Trinajstić information content (AvgIpc) is 2.33. The Kier molecular flexibility index (Phi) is 3.18. The predicted octanol–water partition coefficient (Wildman–Crippen LogP) is 2.89. The maximum atomic E-state index is 5.87. The number of allylic oxidation sites excluding steroid dienone is 1. The summed E-state index contributed by atoms with van der Waals surface area (Å²) in [4.78, 5) is 3.17. The van der Waals surface area contributed by atoms with Gasteiger partial charge in [0.25, 0.3) is 0 Å². The van der Waals surface area contributed by atoms with Crippen LogP contribution in [0.3, 0.4) is 0 Å². The zero-order valence-corrected chi connectivity index (χ0v) is 8.65. The van der Waals surface area contributed by atoms with Crippen LogP contribution in [0, 0.1) is 6.92 Å². The molecule has 0 atom stereocenters. The average molecular weight is 178 g/mol. The zero-order valence-electron chi connectivity index (χ0n) is 8.65. The van der Waals surface area contributed by atoms with Crippen molar-refractivity contribution >= 4 is 11.9 Å². The Labute approximate surface area is 79.8 Å². The van der Waals surface area contributed by atoms with E-state index in [4.69, 9.17) is 5.73 Å². The van der Waals surface area contributed by atoms with E-state index in [9.17, 15) is 0 Å². The van der Waals surface area contributed by atoms with Gasteiger partial charge in [0, 0.05) is 11.3 Å². The fourth-order valence-electron chi connectivity index (χ4n) is 1.63. The van der Waals surface area contributed by atoms with Crippen molar-refractivity contribution in [2.24, 2.45) is 0 Å². The van der Waals surface area contributed by atoms with Gasteiger partial charge in [0.15, 0.2) is 0 Å². The normalized spacial score (nSPS) is 11.3. The Bertz CT molecular complexity index is 308. The summed E-state index contributed by atoms with van der Waals surface area (Å²) < 4.78 is 0. The van der Waals surface area contributed by atoms with Crippen molar-refractivity contribution < 1.29 is 0 Å². The molecule has 13 heavy (non-hydrogen) atoms. The van der Waals surface area contributed by atoms with E-state index in [1.165, 1.54) is 16.8 Å². The van der Waals surface area contributed by atoms with Crippen molar-refractivity contribution in [2.75, 3.05) is 5.73 Å². The van der Waals surface area contributed by atoms with E-state index in [2.05, 4.69) is 31.0 Å². The highest BCUT2D eigenvalue weighted by Gasteiger charge is 2.08. The lowest BCUT2D eigenvalue weighted by atomic mass is 10.1. The lowest BCUT2D eigenvalue weighted by molar-refractivity contribution is 0.924. The fraction of sp³-hybridized carbons (Fsp3) is 0.455. The first-order chi connectivity index (χ1) is 6.20. The summed E-state index contributed by atoms with van der Waals surface area (Å²) in [5, 5.41) is 0. The summed E-state index contributed by atoms with van der Waals surface area (Å²) in [6.45, 7) is 6.25. The molecule has 0 saturated heterocycles. The van der Waals surface area contributed by atoms with Crippen LogP contribution < -0.4 is 5.73 Å². The van der Waals surface area contributed by atoms with Gasteiger partial charge in [-0.15, -0.1) is 0 Å². The molecule has 0 aliphatic carbocycles. The van der Waals surface area contributed by atoms with E-state index < -0.39 is 0 Å². The Morgan fingerprint density at radius 2 is 2.15 bits per heavy atom. The second kappa shape index (κ2) is 4.17. The van der Waals surface area contributed by atoms with Gasteiger partial charge in [-0.05, 0) is 25.8 Å². The van der Waals surface area contributed by atoms with Crippen LogP contribution in [0.2, 0.25) is 0 Å². The van der Waals surface area contributed by atoms with Gasteiger partial charge in [0.2, 0.25) is 0 Å². The first-order valence-electron chi connectivity index (χ1n) is 4.80. The van der Waals surface area contributed by atoms with Crippen molar-refractivity contribution in [1.29, 1.82) is 0 Å². The van der Waals surface area contributed by atoms with Crippen molar-refractivity contribution in [3.63, 3.8) is 0 Å². The number of anilines is 1. The third-order valence-electron chi connectivity index (χ3n) is 2.21. The van der Waals surface area contributed by atoms with Crippen LogP contribution >= 0.6 is 0 Å². The highest BCUT2D eigenvalue weighted by molar-refractivity contribution is 5.64. The molecule has 2 nitrogen and oxygen atoms in total. The molecule has 0 unspecified atom stereocenters. The number of nitrogen functional groups attached to an aromatic ring is 1. The summed E-state index contributed by atoms with van der Waals surface area (Å²) in [5.74, 6) is 0.826. The van der Waals surface area contributed by atoms with Crippen molar-refractivity contribution in [1.82, 2.24) is 4.98 Å². The second-order valence-electron chi connectivity index (χ2n) is 3.31. The maximum Gasteiger partial charge on any atom is 0.104 e. The lowest BCUT2D eigenvalue weighted by Gasteiger charge is -1.99. The maximum absolute atomic E-state index is 5.87. The minimum absolute atomic E-state index is 0.826. The molecule has 0 spiro atoms. The third-order valence-corrected chi connectivity index (χ3v) is 2.21. The van der Waals surface area contributed by atoms with E-state index in [-0.39, 0.29) is 0 Å². The second-order valence-corrected chi connectivity index (χ2v) is 3.31. The van der Waals surface area contributed by atoms with Crippen molar-refractivity contribution in [3.8, 4) is 0 Å². The lowest BCUT2D eigenvalue weighted by Crippen LogP contribution is -1.92. The van der Waals surface area contributed by atoms with Gasteiger partial charge in [-0.2, -0.15) is 0 Å². The van der Waals surface area contributed by atoms with Gasteiger partial charge in [-0.25, -0.2) is 0 Å². The molecule has 0 radical (unpaired) electrons. The Hall–Kier alpha value is -1.18. The summed E-state index contributed by atoms with van der Waals surface area (Å²) >= 11 is 0. The quantitative estimate of drug-likeness (QED) is 0.734. The first kappa shape index (κ1) is 9.90. The fourth-order valence-corrected chi connectivity index (χ4v) is 1.63. The standard InChI is InChI=1S/C11H18N2/c1-4-6-9-8(3)13-11(12)10(9)7-5-2/h4,6,13H,5,7,12H2,1-3H3. The number of H-pyrrole nitrogens is 1. The molecule has 0 bridgehead atoms. The third kappa shape index (κ3) is 1.94. The van der Waals surface area contributed by atoms with Crippen LogP contribution in [-0.2, 0) is 6.42 Å². The van der Waals surface area contributed by atoms with E-state index in [1.807, 2.05) is 6.92 Å². The highest BCUT2D eigenvalue weighted by atomic mass is 14.9. The van der Waals surface area contributed by atoms with E-state index in [0.717, 1.165) is 18.7 Å². The van der Waals surface area contributed by atoms with Gasteiger partial charge in [0.1, 0.15) is 5.82 Å². The molecule has 1 aromatic heterocycles. The Balaban J connectivity index is 3.12. The number of nitrogens with two attached hydrogens (primary N) is 1. The largest absolute Gasteiger partial charge is 0.385 e. The van der Waals surface area contributed by atoms with E-state index in [0.29, 0.717) is 0 Å². The number of aromatic nitrogens is 1. The molecular weight excluding hydrogens is 160 g/mol. The predicted molar refractivity (Wildman–Crippen MR) is 58.6 cm³/mol. The molecule has 0 amide bonds. The monoisotopic (exact) mass is 178 g/mol. The Morgan fingerprint density at radius 3 is 2.69 bits per heavy atom. The molecule has 1 heterocycles. The van der Waals surface area contributed by atoms with Crippen LogP contribution in [0.4, 0.5) is 5.82 Å². The van der Waals surface area contributed by atoms with Crippen molar-refractivity contribution in [2.45, 2.75) is 33.6 Å². The number of nitrogens with one attached hydrogen (secondary N) is 1. The summed E-state index contributed by atoms with van der Waals surface area (Å²) in [7, 11) is 0. The number of aryl methyl sites for hydroxylation is 1. The van der Waals surface area contributed by atoms with E-state index in [1.54, 1.807) is 0 Å². The number of aromatic amines is 1. The molecular formula is C11H18N2. The molecule has 0 saturated carbocycles. The van der Waals surface area contributed by atoms with Crippen LogP contribution in [0.25, 0.3) is 6.08 Å². The van der Waals surface area contributed by atoms with Gasteiger partial charge < -0.3 is 10.7 Å². The minimum Gasteiger partial charge on any atom is -0.385 e. The first-order valence-corrected chi connectivity index (χ1v) is 4.80. The molecule has 2 heteroatoms. The molecule has 0 fully saturated rings. The van der Waals surface area contributed by atoms with Gasteiger partial charge in [-0.1, -0.05) is 25.5 Å². The summed E-state index contributed by atoms with van der Waals surface area (Å²) in [6.07, 6.45) is 6.35. The van der Waals surface area contributed by atoms with Crippen molar-refractivity contribution in [3.05, 3.63) is 22.9 Å². The van der Waals surface area contributed by atoms with Gasteiger partial charge >= 0.3 is 0 Å². The number of hydrogen-bond acceptors (Lipinski definition) is 1. The van der Waals surface area contributed by atoms with Gasteiger partial charge in [-0.3, -0.25) is 0 Å². The number of rotatable bonds is 3. The zero-order chi connectivity index (χ0) is 9.84. The molecule has 0 aliphatic rings. The van der Waals surface area contributed by atoms with Crippen LogP contribution in [-0.4, -0.2) is 4.98 Å². The molecule has 72 valence electrons. The number of hydrogen-bond donors (Lipinski definition) is 2. The SMILES string of the molecule is CC=Cc1c(C)[nH]c(N)c1CCC. The van der Waals surface area contributed by atoms with E-state index >= 15 is 0 Å². The smallest absolute Gasteiger partial charge is 0.104 e. The Morgan fingerprint density at radius 1 is 1.46 bits per heavy atom.